The summed E-state index contributed by atoms with van der Waals surface area (Å²) in [4.78, 5) is 25.7. The number of para-hydroxylation sites is 1. The summed E-state index contributed by atoms with van der Waals surface area (Å²) >= 11 is 0. The summed E-state index contributed by atoms with van der Waals surface area (Å²) in [5, 5.41) is 6.36. The van der Waals surface area contributed by atoms with E-state index in [0.717, 1.165) is 37.9 Å². The van der Waals surface area contributed by atoms with Gasteiger partial charge in [-0.05, 0) is 62.8 Å². The van der Waals surface area contributed by atoms with Crippen LogP contribution in [0.1, 0.15) is 55.1 Å². The van der Waals surface area contributed by atoms with Crippen molar-refractivity contribution in [2.24, 2.45) is 17.8 Å². The van der Waals surface area contributed by atoms with Gasteiger partial charge in [-0.2, -0.15) is 0 Å². The lowest BCUT2D eigenvalue weighted by atomic mass is 9.60. The minimum atomic E-state index is -0.671. The number of carbonyl (C=O) groups is 2. The lowest BCUT2D eigenvalue weighted by Gasteiger charge is -2.55. The van der Waals surface area contributed by atoms with E-state index in [1.54, 1.807) is 12.3 Å². The Balaban J connectivity index is 1.23. The molecule has 1 aromatic heterocycles. The second-order valence-corrected chi connectivity index (χ2v) is 9.05. The largest absolute Gasteiger partial charge is 0.469 e. The third-order valence-electron chi connectivity index (χ3n) is 7.10. The van der Waals surface area contributed by atoms with Crippen LogP contribution >= 0.6 is 0 Å². The fraction of sp³-hybridized carbons (Fsp3) is 0.500. The Bertz CT molecular complexity index is 940. The van der Waals surface area contributed by atoms with Gasteiger partial charge in [0, 0.05) is 30.7 Å². The number of ether oxygens (including phenoxy) is 1. The summed E-state index contributed by atoms with van der Waals surface area (Å²) in [6, 6.07) is 11.3. The van der Waals surface area contributed by atoms with Gasteiger partial charge in [0.15, 0.2) is 5.72 Å². The second kappa shape index (κ2) is 7.49. The molecule has 6 rings (SSSR count). The molecule has 1 aliphatic heterocycles. The van der Waals surface area contributed by atoms with Crippen molar-refractivity contribution in [1.29, 1.82) is 0 Å². The summed E-state index contributed by atoms with van der Waals surface area (Å²) in [5.74, 6) is 2.01. The minimum Gasteiger partial charge on any atom is -0.469 e. The third-order valence-corrected chi connectivity index (χ3v) is 7.10. The number of carbonyl (C=O) groups excluding carboxylic acids is 2. The molecule has 3 fully saturated rings. The Morgan fingerprint density at radius 2 is 2.13 bits per heavy atom. The molecule has 158 valence electrons. The molecule has 0 unspecified atom stereocenters. The number of nitrogens with one attached hydrogen (secondary N) is 2. The number of hydrogen-bond acceptors (Lipinski definition) is 4. The standard InChI is InChI=1S/C24H28N2O4/c1-15(8-11-18-5-4-12-29-18)25-22(27)20-13-17-10-9-16(20)14-24(17)26-23(28)19-6-2-3-7-21(19)30-24/h2-7,12,15-17,20H,8-11,13-14H2,1H3,(H,25,27)(H,26,28)/t15-,16+,17-,20+,24-/m0/s1. The number of hydrogen-bond donors (Lipinski definition) is 2. The molecular formula is C24H28N2O4. The van der Waals surface area contributed by atoms with E-state index in [4.69, 9.17) is 9.15 Å². The molecule has 2 heterocycles. The fourth-order valence-electron chi connectivity index (χ4n) is 5.52. The molecule has 0 saturated heterocycles. The zero-order valence-corrected chi connectivity index (χ0v) is 17.2. The highest BCUT2D eigenvalue weighted by molar-refractivity contribution is 5.98. The highest BCUT2D eigenvalue weighted by Gasteiger charge is 2.57. The number of fused-ring (bicyclic) bond motifs is 3. The monoisotopic (exact) mass is 408 g/mol. The predicted octanol–water partition coefficient (Wildman–Crippen LogP) is 3.67. The van der Waals surface area contributed by atoms with Crippen LogP contribution in [-0.2, 0) is 11.2 Å². The van der Waals surface area contributed by atoms with Crippen LogP contribution in [0, 0.1) is 17.8 Å². The van der Waals surface area contributed by atoms with Gasteiger partial charge in [-0.15, -0.1) is 0 Å². The summed E-state index contributed by atoms with van der Waals surface area (Å²) in [6.07, 6.45) is 6.77. The summed E-state index contributed by atoms with van der Waals surface area (Å²) < 4.78 is 11.8. The maximum absolute atomic E-state index is 13.0. The van der Waals surface area contributed by atoms with Gasteiger partial charge in [0.2, 0.25) is 5.91 Å². The van der Waals surface area contributed by atoms with Gasteiger partial charge in [0.25, 0.3) is 5.91 Å². The second-order valence-electron chi connectivity index (χ2n) is 9.05. The van der Waals surface area contributed by atoms with Gasteiger partial charge in [-0.3, -0.25) is 9.59 Å². The number of amides is 2. The van der Waals surface area contributed by atoms with Crippen molar-refractivity contribution in [1.82, 2.24) is 10.6 Å². The molecule has 0 radical (unpaired) electrons. The smallest absolute Gasteiger partial charge is 0.258 e. The Kier molecular flexibility index (Phi) is 4.80. The molecule has 2 bridgehead atoms. The van der Waals surface area contributed by atoms with Crippen molar-refractivity contribution in [2.75, 3.05) is 0 Å². The van der Waals surface area contributed by atoms with E-state index in [0.29, 0.717) is 17.7 Å². The maximum Gasteiger partial charge on any atom is 0.258 e. The van der Waals surface area contributed by atoms with Crippen molar-refractivity contribution in [3.63, 3.8) is 0 Å². The van der Waals surface area contributed by atoms with Crippen LogP contribution in [-0.4, -0.2) is 23.6 Å². The summed E-state index contributed by atoms with van der Waals surface area (Å²) in [6.45, 7) is 2.05. The first-order chi connectivity index (χ1) is 14.5. The molecule has 1 spiro atoms. The molecule has 2 N–H and O–H groups in total. The molecular weight excluding hydrogens is 380 g/mol. The first-order valence-corrected chi connectivity index (χ1v) is 11.0. The van der Waals surface area contributed by atoms with Gasteiger partial charge >= 0.3 is 0 Å². The van der Waals surface area contributed by atoms with Crippen LogP contribution in [0.3, 0.4) is 0 Å². The van der Waals surface area contributed by atoms with Crippen molar-refractivity contribution in [3.05, 3.63) is 54.0 Å². The van der Waals surface area contributed by atoms with Crippen LogP contribution in [0.25, 0.3) is 0 Å². The van der Waals surface area contributed by atoms with Crippen LogP contribution in [0.5, 0.6) is 5.75 Å². The van der Waals surface area contributed by atoms with Gasteiger partial charge in [-0.1, -0.05) is 12.1 Å². The van der Waals surface area contributed by atoms with Crippen LogP contribution in [0.15, 0.2) is 47.1 Å². The molecule has 30 heavy (non-hydrogen) atoms. The fourth-order valence-corrected chi connectivity index (χ4v) is 5.52. The van der Waals surface area contributed by atoms with Crippen molar-refractivity contribution in [2.45, 2.75) is 57.2 Å². The van der Waals surface area contributed by atoms with Gasteiger partial charge in [0.05, 0.1) is 11.8 Å². The topological polar surface area (TPSA) is 80.6 Å². The minimum absolute atomic E-state index is 0.0156. The quantitative estimate of drug-likeness (QED) is 0.791. The Morgan fingerprint density at radius 1 is 1.27 bits per heavy atom. The van der Waals surface area contributed by atoms with Gasteiger partial charge < -0.3 is 19.8 Å². The average Bonchev–Trinajstić information content (AvgIpc) is 3.26. The van der Waals surface area contributed by atoms with E-state index in [1.807, 2.05) is 37.3 Å². The molecule has 1 aromatic carbocycles. The molecule has 5 atom stereocenters. The van der Waals surface area contributed by atoms with E-state index in [-0.39, 0.29) is 35.6 Å². The number of aryl methyl sites for hydroxylation is 1. The van der Waals surface area contributed by atoms with Crippen molar-refractivity contribution >= 4 is 11.8 Å². The lowest BCUT2D eigenvalue weighted by Crippen LogP contribution is -2.67. The van der Waals surface area contributed by atoms with E-state index in [1.165, 1.54) is 0 Å². The number of furan rings is 1. The highest BCUT2D eigenvalue weighted by atomic mass is 16.5. The van der Waals surface area contributed by atoms with Gasteiger partial charge in [-0.25, -0.2) is 0 Å². The maximum atomic E-state index is 13.0. The Labute approximate surface area is 176 Å². The van der Waals surface area contributed by atoms with E-state index in [2.05, 4.69) is 10.6 Å². The van der Waals surface area contributed by atoms with Crippen molar-refractivity contribution < 1.29 is 18.7 Å². The van der Waals surface area contributed by atoms with E-state index in [9.17, 15) is 9.59 Å². The molecule has 3 saturated carbocycles. The summed E-state index contributed by atoms with van der Waals surface area (Å²) in [7, 11) is 0. The lowest BCUT2D eigenvalue weighted by molar-refractivity contribution is -0.147. The van der Waals surface area contributed by atoms with E-state index < -0.39 is 5.72 Å². The molecule has 3 aliphatic carbocycles. The highest BCUT2D eigenvalue weighted by Crippen LogP contribution is 2.52. The van der Waals surface area contributed by atoms with Gasteiger partial charge in [0.1, 0.15) is 11.5 Å². The molecule has 6 heteroatoms. The molecule has 2 amide bonds. The first-order valence-electron chi connectivity index (χ1n) is 11.0. The van der Waals surface area contributed by atoms with Crippen molar-refractivity contribution in [3.8, 4) is 5.75 Å². The first kappa shape index (κ1) is 19.2. The van der Waals surface area contributed by atoms with Crippen LogP contribution in [0.4, 0.5) is 0 Å². The predicted molar refractivity (Wildman–Crippen MR) is 111 cm³/mol. The average molecular weight is 408 g/mol. The third kappa shape index (κ3) is 3.38. The number of rotatable bonds is 5. The zero-order chi connectivity index (χ0) is 20.7. The Hall–Kier alpha value is -2.76. The SMILES string of the molecule is C[C@@H](CCc1ccco1)NC(=O)[C@@H]1C[C@@H]2CC[C@@H]1C[C@@]21NC(=O)c2ccccc2O1. The molecule has 6 nitrogen and oxygen atoms in total. The molecule has 2 aromatic rings. The van der Waals surface area contributed by atoms with Crippen LogP contribution < -0.4 is 15.4 Å². The number of benzene rings is 1. The summed E-state index contributed by atoms with van der Waals surface area (Å²) in [5.41, 5.74) is -0.0833. The van der Waals surface area contributed by atoms with E-state index >= 15 is 0 Å². The molecule has 4 aliphatic rings. The Morgan fingerprint density at radius 3 is 2.90 bits per heavy atom. The van der Waals surface area contributed by atoms with Crippen LogP contribution in [0.2, 0.25) is 0 Å². The zero-order valence-electron chi connectivity index (χ0n) is 17.2. The normalized spacial score (nSPS) is 30.3.